The predicted molar refractivity (Wildman–Crippen MR) is 87.5 cm³/mol. The van der Waals surface area contributed by atoms with Crippen molar-refractivity contribution in [3.8, 4) is 0 Å². The zero-order valence-electron chi connectivity index (χ0n) is 12.0. The molecule has 1 aliphatic heterocycles. The maximum Gasteiger partial charge on any atom is 0.243 e. The van der Waals surface area contributed by atoms with Crippen molar-refractivity contribution >= 4 is 21.9 Å². The van der Waals surface area contributed by atoms with E-state index in [9.17, 15) is 4.39 Å². The number of nitrogens with zero attached hydrogens (tertiary/aromatic N) is 4. The Labute approximate surface area is 140 Å². The summed E-state index contributed by atoms with van der Waals surface area (Å²) in [6.07, 6.45) is 0.734. The van der Waals surface area contributed by atoms with Gasteiger partial charge in [0.2, 0.25) is 5.95 Å². The molecule has 4 rings (SSSR count). The van der Waals surface area contributed by atoms with Crippen LogP contribution in [0.2, 0.25) is 0 Å². The Morgan fingerprint density at radius 2 is 1.96 bits per heavy atom. The van der Waals surface area contributed by atoms with Gasteiger partial charge in [0, 0.05) is 4.47 Å². The molecule has 0 saturated heterocycles. The monoisotopic (exact) mass is 373 g/mol. The zero-order chi connectivity index (χ0) is 15.8. The second-order valence-electron chi connectivity index (χ2n) is 5.51. The van der Waals surface area contributed by atoms with Crippen LogP contribution in [-0.2, 0) is 0 Å². The number of aromatic nitrogens is 4. The second-order valence-corrected chi connectivity index (χ2v) is 6.42. The molecule has 1 N–H and O–H groups in total. The first kappa shape index (κ1) is 14.3. The van der Waals surface area contributed by atoms with Crippen LogP contribution in [0.25, 0.3) is 0 Å². The highest BCUT2D eigenvalue weighted by Gasteiger charge is 2.30. The summed E-state index contributed by atoms with van der Waals surface area (Å²) in [4.78, 5) is 0. The smallest absolute Gasteiger partial charge is 0.243 e. The molecule has 0 spiro atoms. The molecule has 0 unspecified atom stereocenters. The van der Waals surface area contributed by atoms with Crippen molar-refractivity contribution in [2.75, 3.05) is 5.32 Å². The van der Waals surface area contributed by atoms with Gasteiger partial charge < -0.3 is 5.32 Å². The Balaban J connectivity index is 1.75. The van der Waals surface area contributed by atoms with Crippen LogP contribution >= 0.6 is 15.9 Å². The third kappa shape index (κ3) is 2.72. The number of nitrogens with one attached hydrogen (secondary N) is 1. The van der Waals surface area contributed by atoms with Gasteiger partial charge >= 0.3 is 0 Å². The largest absolute Gasteiger partial charge is 0.346 e. The van der Waals surface area contributed by atoms with E-state index < -0.39 is 0 Å². The molecule has 2 aromatic carbocycles. The number of hydrogen-bond donors (Lipinski definition) is 1. The molecule has 1 aliphatic rings. The SMILES string of the molecule is Fc1cccc([C@@H]2C[C@H](c3cccc(Br)c3)Nc3nnnn32)c1. The van der Waals surface area contributed by atoms with Gasteiger partial charge in [-0.3, -0.25) is 0 Å². The van der Waals surface area contributed by atoms with E-state index in [0.29, 0.717) is 5.95 Å². The predicted octanol–water partition coefficient (Wildman–Crippen LogP) is 3.72. The van der Waals surface area contributed by atoms with Crippen LogP contribution in [0.1, 0.15) is 29.6 Å². The number of rotatable bonds is 2. The van der Waals surface area contributed by atoms with E-state index in [1.165, 1.54) is 6.07 Å². The van der Waals surface area contributed by atoms with Crippen molar-refractivity contribution in [3.63, 3.8) is 0 Å². The van der Waals surface area contributed by atoms with Crippen LogP contribution < -0.4 is 5.32 Å². The Bertz CT molecular complexity index is 850. The highest BCUT2D eigenvalue weighted by molar-refractivity contribution is 9.10. The summed E-state index contributed by atoms with van der Waals surface area (Å²) in [6.45, 7) is 0. The molecule has 116 valence electrons. The summed E-state index contributed by atoms with van der Waals surface area (Å²) < 4.78 is 16.3. The lowest BCUT2D eigenvalue weighted by molar-refractivity contribution is 0.422. The molecule has 0 fully saturated rings. The summed E-state index contributed by atoms with van der Waals surface area (Å²) in [5, 5.41) is 15.2. The Morgan fingerprint density at radius 3 is 2.78 bits per heavy atom. The highest BCUT2D eigenvalue weighted by atomic mass is 79.9. The number of tetrazole rings is 1. The Hall–Kier alpha value is -2.28. The van der Waals surface area contributed by atoms with Gasteiger partial charge in [-0.2, -0.15) is 0 Å². The van der Waals surface area contributed by atoms with Crippen molar-refractivity contribution in [2.24, 2.45) is 0 Å². The van der Waals surface area contributed by atoms with Crippen molar-refractivity contribution in [1.29, 1.82) is 0 Å². The van der Waals surface area contributed by atoms with Gasteiger partial charge in [0.1, 0.15) is 5.82 Å². The van der Waals surface area contributed by atoms with Crippen molar-refractivity contribution in [1.82, 2.24) is 20.2 Å². The standard InChI is InChI=1S/C16H13BrFN5/c17-12-5-1-3-10(7-12)14-9-15(11-4-2-6-13(18)8-11)23-16(19-14)20-21-22-23/h1-8,14-15H,9H2,(H,19,20,22)/t14-,15+/m1/s1. The van der Waals surface area contributed by atoms with E-state index in [1.54, 1.807) is 16.8 Å². The number of fused-ring (bicyclic) bond motifs is 1. The number of hydrogen-bond acceptors (Lipinski definition) is 4. The molecule has 1 aromatic heterocycles. The Kier molecular flexibility index (Phi) is 3.57. The minimum absolute atomic E-state index is 0.0549. The van der Waals surface area contributed by atoms with Crippen molar-refractivity contribution < 1.29 is 4.39 Å². The van der Waals surface area contributed by atoms with E-state index >= 15 is 0 Å². The minimum atomic E-state index is -0.255. The fourth-order valence-corrected chi connectivity index (χ4v) is 3.39. The van der Waals surface area contributed by atoms with E-state index in [-0.39, 0.29) is 17.9 Å². The molecule has 0 bridgehead atoms. The normalized spacial score (nSPS) is 19.9. The van der Waals surface area contributed by atoms with Gasteiger partial charge in [0.15, 0.2) is 0 Å². The second kappa shape index (κ2) is 5.73. The van der Waals surface area contributed by atoms with Crippen molar-refractivity contribution in [3.05, 3.63) is 69.9 Å². The third-order valence-corrected chi connectivity index (χ3v) is 4.53. The summed E-state index contributed by atoms with van der Waals surface area (Å²) in [5.74, 6) is 0.338. The number of halogens is 2. The van der Waals surface area contributed by atoms with Crippen LogP contribution in [-0.4, -0.2) is 20.2 Å². The summed E-state index contributed by atoms with van der Waals surface area (Å²) in [7, 11) is 0. The molecule has 0 radical (unpaired) electrons. The first-order valence-electron chi connectivity index (χ1n) is 7.26. The highest BCUT2D eigenvalue weighted by Crippen LogP contribution is 2.37. The van der Waals surface area contributed by atoms with Gasteiger partial charge in [-0.05, 0) is 52.2 Å². The van der Waals surface area contributed by atoms with E-state index in [0.717, 1.165) is 22.0 Å². The first-order chi connectivity index (χ1) is 11.2. The van der Waals surface area contributed by atoms with E-state index in [1.807, 2.05) is 18.2 Å². The first-order valence-corrected chi connectivity index (χ1v) is 8.05. The third-order valence-electron chi connectivity index (χ3n) is 4.03. The van der Waals surface area contributed by atoms with Gasteiger partial charge in [0.05, 0.1) is 12.1 Å². The van der Waals surface area contributed by atoms with Crippen LogP contribution in [0.15, 0.2) is 53.0 Å². The summed E-state index contributed by atoms with van der Waals surface area (Å²) in [5.41, 5.74) is 2.00. The maximum absolute atomic E-state index is 13.6. The molecular weight excluding hydrogens is 361 g/mol. The average molecular weight is 374 g/mol. The Morgan fingerprint density at radius 1 is 1.13 bits per heavy atom. The fourth-order valence-electron chi connectivity index (χ4n) is 2.97. The topological polar surface area (TPSA) is 55.6 Å². The quantitative estimate of drug-likeness (QED) is 0.743. The maximum atomic E-state index is 13.6. The number of benzene rings is 2. The molecule has 3 aromatic rings. The number of anilines is 1. The van der Waals surface area contributed by atoms with Crippen LogP contribution in [0, 0.1) is 5.82 Å². The zero-order valence-corrected chi connectivity index (χ0v) is 13.6. The lowest BCUT2D eigenvalue weighted by Gasteiger charge is -2.31. The summed E-state index contributed by atoms with van der Waals surface area (Å²) >= 11 is 3.50. The molecular formula is C16H13BrFN5. The molecule has 23 heavy (non-hydrogen) atoms. The minimum Gasteiger partial charge on any atom is -0.346 e. The van der Waals surface area contributed by atoms with Gasteiger partial charge in [-0.15, -0.1) is 0 Å². The van der Waals surface area contributed by atoms with Crippen LogP contribution in [0.4, 0.5) is 10.3 Å². The molecule has 0 saturated carbocycles. The van der Waals surface area contributed by atoms with Gasteiger partial charge in [0.25, 0.3) is 0 Å². The lowest BCUT2D eigenvalue weighted by Crippen LogP contribution is -2.28. The lowest BCUT2D eigenvalue weighted by atomic mass is 9.93. The molecule has 5 nitrogen and oxygen atoms in total. The van der Waals surface area contributed by atoms with Crippen LogP contribution in [0.3, 0.4) is 0 Å². The fraction of sp³-hybridized carbons (Fsp3) is 0.188. The average Bonchev–Trinajstić information content (AvgIpc) is 3.02. The van der Waals surface area contributed by atoms with Crippen molar-refractivity contribution in [2.45, 2.75) is 18.5 Å². The molecule has 0 aliphatic carbocycles. The molecule has 0 amide bonds. The molecule has 7 heteroatoms. The summed E-state index contributed by atoms with van der Waals surface area (Å²) in [6, 6.07) is 14.7. The van der Waals surface area contributed by atoms with Gasteiger partial charge in [-0.1, -0.05) is 45.3 Å². The van der Waals surface area contributed by atoms with E-state index in [2.05, 4.69) is 48.9 Å². The van der Waals surface area contributed by atoms with Gasteiger partial charge in [-0.25, -0.2) is 9.07 Å². The van der Waals surface area contributed by atoms with E-state index in [4.69, 9.17) is 0 Å². The molecule has 2 heterocycles. The van der Waals surface area contributed by atoms with Crippen LogP contribution in [0.5, 0.6) is 0 Å². The molecule has 2 atom stereocenters.